The maximum Gasteiger partial charge on any atom is 0.307 e. The molecule has 3 nitrogen and oxygen atoms in total. The van der Waals surface area contributed by atoms with E-state index in [9.17, 15) is 13.6 Å². The van der Waals surface area contributed by atoms with E-state index in [0.29, 0.717) is 14.6 Å². The summed E-state index contributed by atoms with van der Waals surface area (Å²) in [6.07, 6.45) is -3.20. The molecule has 0 aromatic carbocycles. The van der Waals surface area contributed by atoms with Gasteiger partial charge >= 0.3 is 5.97 Å². The molecule has 0 aliphatic carbocycles. The van der Waals surface area contributed by atoms with Gasteiger partial charge in [0, 0.05) is 14.5 Å². The van der Waals surface area contributed by atoms with E-state index in [4.69, 9.17) is 5.11 Å². The van der Waals surface area contributed by atoms with Gasteiger partial charge in [0.15, 0.2) is 0 Å². The van der Waals surface area contributed by atoms with Crippen molar-refractivity contribution in [3.05, 3.63) is 26.6 Å². The molecule has 0 amide bonds. The number of nitrogens with zero attached hydrogens (tertiary/aromatic N) is 1. The van der Waals surface area contributed by atoms with Crippen LogP contribution in [-0.4, -0.2) is 16.1 Å². The highest BCUT2D eigenvalue weighted by molar-refractivity contribution is 14.1. The molecule has 0 spiro atoms. The molecule has 16 heavy (non-hydrogen) atoms. The maximum atomic E-state index is 12.7. The Labute approximate surface area is 113 Å². The van der Waals surface area contributed by atoms with Crippen LogP contribution in [0, 0.1) is 3.57 Å². The number of carbonyl (C=O) groups is 1. The van der Waals surface area contributed by atoms with E-state index >= 15 is 0 Å². The highest BCUT2D eigenvalue weighted by Gasteiger charge is 2.20. The predicted molar refractivity (Wildman–Crippen MR) is 65.9 cm³/mol. The first-order valence-corrected chi connectivity index (χ1v) is 6.39. The SMILES string of the molecule is O=C(O)Cc1c(I)cc(CBr)nc1C(F)F. The number of carboxylic acid groups (broad SMARTS) is 1. The molecule has 0 saturated carbocycles. The van der Waals surface area contributed by atoms with Gasteiger partial charge in [-0.25, -0.2) is 8.78 Å². The van der Waals surface area contributed by atoms with E-state index in [0.717, 1.165) is 0 Å². The highest BCUT2D eigenvalue weighted by atomic mass is 127. The quantitative estimate of drug-likeness (QED) is 0.618. The van der Waals surface area contributed by atoms with Crippen molar-refractivity contribution < 1.29 is 18.7 Å². The summed E-state index contributed by atoms with van der Waals surface area (Å²) in [5, 5.41) is 9.00. The van der Waals surface area contributed by atoms with Gasteiger partial charge in [-0.1, -0.05) is 15.9 Å². The standard InChI is InChI=1S/C9H7BrF2INO2/c10-3-4-1-6(13)5(2-7(15)16)8(14-4)9(11)12/h1,9H,2-3H2,(H,15,16). The van der Waals surface area contributed by atoms with Crippen LogP contribution in [0.4, 0.5) is 8.78 Å². The topological polar surface area (TPSA) is 50.2 Å². The first-order valence-electron chi connectivity index (χ1n) is 4.19. The Balaban J connectivity index is 3.27. The van der Waals surface area contributed by atoms with Crippen LogP contribution in [-0.2, 0) is 16.5 Å². The summed E-state index contributed by atoms with van der Waals surface area (Å²) in [4.78, 5) is 14.3. The summed E-state index contributed by atoms with van der Waals surface area (Å²) in [6, 6.07) is 1.60. The monoisotopic (exact) mass is 405 g/mol. The third-order valence-electron chi connectivity index (χ3n) is 1.83. The van der Waals surface area contributed by atoms with Gasteiger partial charge < -0.3 is 5.11 Å². The normalized spacial score (nSPS) is 10.8. The van der Waals surface area contributed by atoms with Crippen LogP contribution in [0.5, 0.6) is 0 Å². The van der Waals surface area contributed by atoms with Gasteiger partial charge in [0.05, 0.1) is 12.1 Å². The molecule has 0 fully saturated rings. The lowest BCUT2D eigenvalue weighted by Crippen LogP contribution is -2.09. The van der Waals surface area contributed by atoms with Crippen molar-refractivity contribution >= 4 is 44.5 Å². The summed E-state index contributed by atoms with van der Waals surface area (Å²) in [5.41, 5.74) is 0.116. The van der Waals surface area contributed by atoms with Crippen LogP contribution in [0.3, 0.4) is 0 Å². The summed E-state index contributed by atoms with van der Waals surface area (Å²) in [6.45, 7) is 0. The van der Waals surface area contributed by atoms with Crippen molar-refractivity contribution in [2.45, 2.75) is 18.2 Å². The second-order valence-electron chi connectivity index (χ2n) is 2.96. The fourth-order valence-electron chi connectivity index (χ4n) is 1.19. The van der Waals surface area contributed by atoms with Crippen molar-refractivity contribution in [3.63, 3.8) is 0 Å². The van der Waals surface area contributed by atoms with Crippen molar-refractivity contribution in [1.29, 1.82) is 0 Å². The third-order valence-corrected chi connectivity index (χ3v) is 3.36. The van der Waals surface area contributed by atoms with Gasteiger partial charge in [-0.15, -0.1) is 0 Å². The maximum absolute atomic E-state index is 12.7. The van der Waals surface area contributed by atoms with Crippen LogP contribution in [0.1, 0.15) is 23.4 Å². The van der Waals surface area contributed by atoms with E-state index in [1.807, 2.05) is 22.6 Å². The molecule has 0 radical (unpaired) electrons. The summed E-state index contributed by atoms with van der Waals surface area (Å²) >= 11 is 4.97. The zero-order valence-corrected chi connectivity index (χ0v) is 11.6. The second kappa shape index (κ2) is 5.85. The number of rotatable bonds is 4. The average molecular weight is 406 g/mol. The number of carboxylic acids is 1. The van der Waals surface area contributed by atoms with Crippen molar-refractivity contribution in [1.82, 2.24) is 4.98 Å². The lowest BCUT2D eigenvalue weighted by Gasteiger charge is -2.10. The minimum absolute atomic E-state index is 0.0906. The Kier molecular flexibility index (Phi) is 5.03. The van der Waals surface area contributed by atoms with Gasteiger partial charge in [0.2, 0.25) is 0 Å². The molecular formula is C9H7BrF2INO2. The van der Waals surface area contributed by atoms with Crippen molar-refractivity contribution in [3.8, 4) is 0 Å². The first-order chi connectivity index (χ1) is 7.45. The number of hydrogen-bond acceptors (Lipinski definition) is 2. The Morgan fingerprint density at radius 1 is 1.62 bits per heavy atom. The van der Waals surface area contributed by atoms with Crippen LogP contribution < -0.4 is 0 Å². The molecule has 7 heteroatoms. The van der Waals surface area contributed by atoms with Gasteiger partial charge in [0.1, 0.15) is 5.69 Å². The van der Waals surface area contributed by atoms with Crippen LogP contribution >= 0.6 is 38.5 Å². The predicted octanol–water partition coefficient (Wildman–Crippen LogP) is 3.15. The Morgan fingerprint density at radius 2 is 2.25 bits per heavy atom. The number of aromatic nitrogens is 1. The van der Waals surface area contributed by atoms with Crippen molar-refractivity contribution in [2.75, 3.05) is 0 Å². The molecule has 0 aliphatic rings. The molecule has 0 aliphatic heterocycles. The zero-order valence-electron chi connectivity index (χ0n) is 7.88. The molecule has 0 saturated heterocycles. The number of aliphatic carboxylic acids is 1. The van der Waals surface area contributed by atoms with Crippen LogP contribution in [0.25, 0.3) is 0 Å². The van der Waals surface area contributed by atoms with E-state index < -0.39 is 24.5 Å². The Hall–Kier alpha value is -0.310. The lowest BCUT2D eigenvalue weighted by atomic mass is 10.1. The van der Waals surface area contributed by atoms with Gasteiger partial charge in [-0.2, -0.15) is 0 Å². The third kappa shape index (κ3) is 3.34. The minimum atomic E-state index is -2.76. The van der Waals surface area contributed by atoms with Crippen molar-refractivity contribution in [2.24, 2.45) is 0 Å². The van der Waals surface area contributed by atoms with Crippen LogP contribution in [0.15, 0.2) is 6.07 Å². The van der Waals surface area contributed by atoms with E-state index in [1.54, 1.807) is 6.07 Å². The smallest absolute Gasteiger partial charge is 0.307 e. The summed E-state index contributed by atoms with van der Waals surface area (Å²) in [7, 11) is 0. The van der Waals surface area contributed by atoms with E-state index in [-0.39, 0.29) is 5.56 Å². The van der Waals surface area contributed by atoms with Gasteiger partial charge in [-0.3, -0.25) is 9.78 Å². The average Bonchev–Trinajstić information content (AvgIpc) is 2.19. The van der Waals surface area contributed by atoms with Crippen LogP contribution in [0.2, 0.25) is 0 Å². The molecule has 1 N–H and O–H groups in total. The van der Waals surface area contributed by atoms with E-state index in [2.05, 4.69) is 20.9 Å². The molecule has 1 heterocycles. The Bertz CT molecular complexity index is 415. The molecule has 1 rings (SSSR count). The zero-order chi connectivity index (χ0) is 12.3. The fraction of sp³-hybridized carbons (Fsp3) is 0.333. The summed E-state index contributed by atoms with van der Waals surface area (Å²) < 4.78 is 25.9. The van der Waals surface area contributed by atoms with E-state index in [1.165, 1.54) is 0 Å². The number of pyridine rings is 1. The second-order valence-corrected chi connectivity index (χ2v) is 4.69. The van der Waals surface area contributed by atoms with Gasteiger partial charge in [-0.05, 0) is 28.7 Å². The fourth-order valence-corrected chi connectivity index (χ4v) is 2.30. The molecule has 0 bridgehead atoms. The number of halogens is 4. The first kappa shape index (κ1) is 13.8. The molecular weight excluding hydrogens is 399 g/mol. The largest absolute Gasteiger partial charge is 0.481 e. The molecule has 1 aromatic rings. The number of alkyl halides is 3. The Morgan fingerprint density at radius 3 is 2.69 bits per heavy atom. The molecule has 1 aromatic heterocycles. The molecule has 0 atom stereocenters. The minimum Gasteiger partial charge on any atom is -0.481 e. The summed E-state index contributed by atoms with van der Waals surface area (Å²) in [5.74, 6) is -1.15. The molecule has 88 valence electrons. The highest BCUT2D eigenvalue weighted by Crippen LogP contribution is 2.26. The molecule has 0 unspecified atom stereocenters. The van der Waals surface area contributed by atoms with Gasteiger partial charge in [0.25, 0.3) is 6.43 Å². The number of hydrogen-bond donors (Lipinski definition) is 1. The lowest BCUT2D eigenvalue weighted by molar-refractivity contribution is -0.136.